The van der Waals surface area contributed by atoms with Crippen LogP contribution in [0.1, 0.15) is 42.1 Å². The van der Waals surface area contributed by atoms with Crippen LogP contribution in [0.4, 0.5) is 5.69 Å². The van der Waals surface area contributed by atoms with Gasteiger partial charge in [0.15, 0.2) is 5.78 Å². The van der Waals surface area contributed by atoms with E-state index in [1.54, 1.807) is 25.8 Å². The van der Waals surface area contributed by atoms with Gasteiger partial charge in [0, 0.05) is 5.69 Å². The second-order valence-electron chi connectivity index (χ2n) is 7.55. The summed E-state index contributed by atoms with van der Waals surface area (Å²) in [7, 11) is 0. The van der Waals surface area contributed by atoms with Crippen molar-refractivity contribution in [3.63, 3.8) is 0 Å². The Morgan fingerprint density at radius 3 is 2.30 bits per heavy atom. The minimum Gasteiger partial charge on any atom is -0.508 e. The number of fused-ring (bicyclic) bond motifs is 1. The van der Waals surface area contributed by atoms with Crippen LogP contribution in [0.5, 0.6) is 17.2 Å². The number of halogens is 1. The summed E-state index contributed by atoms with van der Waals surface area (Å²) in [5.41, 5.74) is 1.08. The molecular formula is C22H22ClNO6. The Kier molecular flexibility index (Phi) is 6.31. The van der Waals surface area contributed by atoms with Gasteiger partial charge in [0.05, 0.1) is 10.6 Å². The van der Waals surface area contributed by atoms with Crippen LogP contribution >= 0.6 is 11.6 Å². The van der Waals surface area contributed by atoms with Gasteiger partial charge < -0.3 is 20.3 Å². The molecule has 8 heteroatoms. The minimum absolute atomic E-state index is 0.0677. The van der Waals surface area contributed by atoms with E-state index in [0.29, 0.717) is 11.3 Å². The van der Waals surface area contributed by atoms with Crippen molar-refractivity contribution in [3.05, 3.63) is 46.5 Å². The molecule has 0 unspecified atom stereocenters. The van der Waals surface area contributed by atoms with Gasteiger partial charge in [0.2, 0.25) is 5.91 Å². The van der Waals surface area contributed by atoms with E-state index in [4.69, 9.17) is 21.4 Å². The monoisotopic (exact) mass is 431 g/mol. The number of aryl methyl sites for hydroxylation is 1. The second kappa shape index (κ2) is 8.75. The highest BCUT2D eigenvalue weighted by atomic mass is 35.5. The Morgan fingerprint density at radius 1 is 1.17 bits per heavy atom. The molecule has 0 radical (unpaired) electrons. The van der Waals surface area contributed by atoms with Gasteiger partial charge in [-0.05, 0) is 74.4 Å². The lowest BCUT2D eigenvalue weighted by atomic mass is 10.1. The van der Waals surface area contributed by atoms with Crippen LogP contribution in [0.2, 0.25) is 5.02 Å². The first-order valence-corrected chi connectivity index (χ1v) is 9.85. The van der Waals surface area contributed by atoms with Gasteiger partial charge in [0.25, 0.3) is 0 Å². The highest BCUT2D eigenvalue weighted by Gasteiger charge is 2.52. The van der Waals surface area contributed by atoms with E-state index >= 15 is 0 Å². The molecule has 0 saturated heterocycles. The first kappa shape index (κ1) is 21.6. The maximum Gasteiger partial charge on any atom is 0.312 e. The number of carbonyl (C=O) groups excluding carboxylic acids is 2. The number of hydrogen-bond donors (Lipinski definition) is 3. The predicted octanol–water partition coefficient (Wildman–Crippen LogP) is 4.79. The Bertz CT molecular complexity index is 984. The van der Waals surface area contributed by atoms with Crippen molar-refractivity contribution in [2.24, 2.45) is 11.8 Å². The fraction of sp³-hybridized carbons (Fsp3) is 0.318. The van der Waals surface area contributed by atoms with Gasteiger partial charge in [0.1, 0.15) is 23.7 Å². The highest BCUT2D eigenvalue weighted by Crippen LogP contribution is 2.62. The van der Waals surface area contributed by atoms with Crippen molar-refractivity contribution in [2.45, 2.75) is 33.1 Å². The topological polar surface area (TPSA) is 113 Å². The van der Waals surface area contributed by atoms with E-state index < -0.39 is 18.3 Å². The van der Waals surface area contributed by atoms with Crippen LogP contribution in [0.25, 0.3) is 0 Å². The summed E-state index contributed by atoms with van der Waals surface area (Å²) in [5.74, 6) is 0.719. The number of ether oxygens (including phenoxy) is 1. The molecular weight excluding hydrogens is 410 g/mol. The molecule has 30 heavy (non-hydrogen) atoms. The van der Waals surface area contributed by atoms with Gasteiger partial charge in [-0.3, -0.25) is 14.4 Å². The number of rotatable bonds is 6. The number of carbonyl (C=O) groups is 3. The summed E-state index contributed by atoms with van der Waals surface area (Å²) in [5, 5.41) is 20.7. The SMILES string of the molecule is C1C2CC12.CC(=O)c1cc(O)ccc1Oc1c(C)cc(NC(=O)CC(=O)O)cc1Cl. The number of phenols is 1. The van der Waals surface area contributed by atoms with Crippen LogP contribution in [0.3, 0.4) is 0 Å². The van der Waals surface area contributed by atoms with Crippen molar-refractivity contribution in [1.82, 2.24) is 0 Å². The van der Waals surface area contributed by atoms with E-state index in [9.17, 15) is 19.5 Å². The lowest BCUT2D eigenvalue weighted by molar-refractivity contribution is -0.139. The molecule has 2 aromatic rings. The van der Waals surface area contributed by atoms with Gasteiger partial charge in [-0.1, -0.05) is 11.6 Å². The standard InChI is InChI=1S/C18H16ClNO6.C4H6/c1-9-5-11(20-16(23)8-17(24)25)6-14(19)18(9)26-15-4-3-12(22)7-13(15)10(2)21;1-3-2-4(1)3/h3-7,22H,8H2,1-2H3,(H,20,23)(H,24,25);3-4H,1-2H2. The zero-order valence-electron chi connectivity index (χ0n) is 16.6. The van der Waals surface area contributed by atoms with Crippen molar-refractivity contribution in [1.29, 1.82) is 0 Å². The van der Waals surface area contributed by atoms with Crippen LogP contribution < -0.4 is 10.1 Å². The Hall–Kier alpha value is -3.06. The number of benzene rings is 2. The zero-order valence-corrected chi connectivity index (χ0v) is 17.3. The molecule has 2 saturated carbocycles. The summed E-state index contributed by atoms with van der Waals surface area (Å²) in [6.45, 7) is 3.03. The Balaban J connectivity index is 0.000000555. The van der Waals surface area contributed by atoms with Crippen molar-refractivity contribution in [2.75, 3.05) is 5.32 Å². The molecule has 2 aliphatic rings. The fourth-order valence-corrected chi connectivity index (χ4v) is 3.12. The second-order valence-corrected chi connectivity index (χ2v) is 7.96. The lowest BCUT2D eigenvalue weighted by Crippen LogP contribution is -2.16. The van der Waals surface area contributed by atoms with E-state index in [2.05, 4.69) is 5.32 Å². The number of phenolic OH excluding ortho intramolecular Hbond substituents is 1. The maximum absolute atomic E-state index is 11.7. The van der Waals surface area contributed by atoms with Gasteiger partial charge >= 0.3 is 5.97 Å². The molecule has 0 aliphatic heterocycles. The third-order valence-corrected chi connectivity index (χ3v) is 5.13. The molecule has 0 atom stereocenters. The average molecular weight is 432 g/mol. The summed E-state index contributed by atoms with van der Waals surface area (Å²) in [6.07, 6.45) is 2.50. The quantitative estimate of drug-likeness (QED) is 0.447. The first-order valence-electron chi connectivity index (χ1n) is 9.47. The molecule has 2 aliphatic carbocycles. The molecule has 4 rings (SSSR count). The molecule has 0 heterocycles. The number of nitrogens with one attached hydrogen (secondary N) is 1. The molecule has 2 fully saturated rings. The summed E-state index contributed by atoms with van der Waals surface area (Å²) >= 11 is 6.21. The van der Waals surface area contributed by atoms with Gasteiger partial charge in [-0.2, -0.15) is 0 Å². The van der Waals surface area contributed by atoms with Crippen molar-refractivity contribution >= 4 is 34.9 Å². The molecule has 0 spiro atoms. The summed E-state index contributed by atoms with van der Waals surface area (Å²) in [6, 6.07) is 7.10. The predicted molar refractivity (Wildman–Crippen MR) is 111 cm³/mol. The van der Waals surface area contributed by atoms with Crippen LogP contribution in [0.15, 0.2) is 30.3 Å². The number of Topliss-reactive ketones (excluding diaryl/α,β-unsaturated/α-hetero) is 1. The normalized spacial score (nSPS) is 17.7. The number of anilines is 1. The van der Waals surface area contributed by atoms with Crippen LogP contribution in [-0.4, -0.2) is 27.9 Å². The lowest BCUT2D eigenvalue weighted by Gasteiger charge is -2.15. The molecule has 3 N–H and O–H groups in total. The number of ketones is 1. The highest BCUT2D eigenvalue weighted by molar-refractivity contribution is 6.32. The molecule has 7 nitrogen and oxygen atoms in total. The smallest absolute Gasteiger partial charge is 0.312 e. The largest absolute Gasteiger partial charge is 0.508 e. The Morgan fingerprint density at radius 2 is 1.80 bits per heavy atom. The van der Waals surface area contributed by atoms with Crippen LogP contribution in [-0.2, 0) is 9.59 Å². The van der Waals surface area contributed by atoms with Crippen molar-refractivity contribution < 1.29 is 29.3 Å². The van der Waals surface area contributed by atoms with E-state index in [-0.39, 0.29) is 33.6 Å². The molecule has 2 aromatic carbocycles. The molecule has 158 valence electrons. The third-order valence-electron chi connectivity index (χ3n) is 4.85. The average Bonchev–Trinajstić information content (AvgIpc) is 3.51. The number of amides is 1. The van der Waals surface area contributed by atoms with Crippen LogP contribution in [0, 0.1) is 18.8 Å². The minimum atomic E-state index is -1.24. The van der Waals surface area contributed by atoms with Gasteiger partial charge in [-0.15, -0.1) is 0 Å². The first-order chi connectivity index (χ1) is 14.1. The maximum atomic E-state index is 11.7. The number of aliphatic carboxylic acids is 1. The molecule has 1 amide bonds. The fourth-order valence-electron chi connectivity index (χ4n) is 2.82. The van der Waals surface area contributed by atoms with E-state index in [0.717, 1.165) is 0 Å². The van der Waals surface area contributed by atoms with Gasteiger partial charge in [-0.25, -0.2) is 0 Å². The molecule has 0 bridgehead atoms. The third kappa shape index (κ3) is 5.73. The van der Waals surface area contributed by atoms with E-state index in [1.807, 2.05) is 0 Å². The number of aromatic hydroxyl groups is 1. The number of carboxylic acids is 1. The number of hydrogen-bond acceptors (Lipinski definition) is 5. The summed E-state index contributed by atoms with van der Waals surface area (Å²) < 4.78 is 5.74. The molecule has 0 aromatic heterocycles. The number of carboxylic acid groups (broad SMARTS) is 1. The van der Waals surface area contributed by atoms with Crippen molar-refractivity contribution in [3.8, 4) is 17.2 Å². The Labute approximate surface area is 178 Å². The zero-order chi connectivity index (χ0) is 22.0. The summed E-state index contributed by atoms with van der Waals surface area (Å²) in [4.78, 5) is 33.8. The van der Waals surface area contributed by atoms with E-state index in [1.165, 1.54) is 43.0 Å².